The van der Waals surface area contributed by atoms with E-state index >= 15 is 0 Å². The van der Waals surface area contributed by atoms with Gasteiger partial charge in [0, 0.05) is 36.5 Å². The van der Waals surface area contributed by atoms with Gasteiger partial charge in [-0.2, -0.15) is 0 Å². The summed E-state index contributed by atoms with van der Waals surface area (Å²) >= 11 is 0. The normalized spacial score (nSPS) is 12.2. The van der Waals surface area contributed by atoms with Gasteiger partial charge in [0.2, 0.25) is 0 Å². The van der Waals surface area contributed by atoms with Crippen molar-refractivity contribution < 1.29 is 37.9 Å². The molecular weight excluding hydrogens is 945 g/mol. The monoisotopic (exact) mass is 1010 g/mol. The Hall–Kier alpha value is -7.20. The summed E-state index contributed by atoms with van der Waals surface area (Å²) in [6, 6.07) is 24.3. The SMILES string of the molecule is COCCOCCOCCOc1cc2cc(c1)-c1cn(nn1)-c1cc(cc(C(C)(C)C)c1)-n1cc(nn1)-c1cc(OCCOCCOCCOC)cc(c1)-c1cn(nn1)-c1cc(cc(C(C)(C)C)c1)-n1cc-2nn1. The van der Waals surface area contributed by atoms with E-state index in [9.17, 15) is 0 Å². The molecule has 5 heterocycles. The van der Waals surface area contributed by atoms with Gasteiger partial charge in [-0.3, -0.25) is 0 Å². The van der Waals surface area contributed by atoms with E-state index < -0.39 is 0 Å². The van der Waals surface area contributed by atoms with Gasteiger partial charge in [0.15, 0.2) is 0 Å². The maximum absolute atomic E-state index is 6.33. The highest BCUT2D eigenvalue weighted by molar-refractivity contribution is 5.73. The van der Waals surface area contributed by atoms with Gasteiger partial charge in [0.05, 0.1) is 114 Å². The topological polar surface area (TPSA) is 197 Å². The first-order valence-electron chi connectivity index (χ1n) is 24.7. The van der Waals surface area contributed by atoms with Crippen LogP contribution in [0.4, 0.5) is 0 Å². The second-order valence-electron chi connectivity index (χ2n) is 19.8. The Bertz CT molecular complexity index is 2760. The lowest BCUT2D eigenvalue weighted by molar-refractivity contribution is 0.0180. The van der Waals surface area contributed by atoms with E-state index in [0.29, 0.717) is 114 Å². The molecule has 0 aliphatic carbocycles. The van der Waals surface area contributed by atoms with Crippen molar-refractivity contribution in [3.8, 4) is 79.3 Å². The zero-order chi connectivity index (χ0) is 51.7. The van der Waals surface area contributed by atoms with Crippen molar-refractivity contribution in [1.82, 2.24) is 60.0 Å². The molecule has 0 unspecified atom stereocenters. The highest BCUT2D eigenvalue weighted by Gasteiger charge is 2.22. The molecule has 20 heteroatoms. The molecule has 0 N–H and O–H groups in total. The van der Waals surface area contributed by atoms with E-state index in [2.05, 4.69) is 86.7 Å². The molecule has 0 spiro atoms. The quantitative estimate of drug-likeness (QED) is 0.0673. The second-order valence-corrected chi connectivity index (χ2v) is 19.8. The van der Waals surface area contributed by atoms with Gasteiger partial charge in [-0.15, -0.1) is 20.4 Å². The Morgan fingerprint density at radius 3 is 0.878 bits per heavy atom. The fraction of sp³-hybridized carbons (Fsp3) is 0.407. The summed E-state index contributed by atoms with van der Waals surface area (Å²) in [6.45, 7) is 18.3. The van der Waals surface area contributed by atoms with Crippen LogP contribution in [-0.2, 0) is 39.3 Å². The number of rotatable bonds is 20. The predicted octanol–water partition coefficient (Wildman–Crippen LogP) is 7.70. The second kappa shape index (κ2) is 23.3. The first-order chi connectivity index (χ1) is 35.8. The highest BCUT2D eigenvalue weighted by Crippen LogP contribution is 2.35. The van der Waals surface area contributed by atoms with E-state index in [1.807, 2.05) is 73.3 Å². The van der Waals surface area contributed by atoms with E-state index in [4.69, 9.17) is 58.3 Å². The van der Waals surface area contributed by atoms with Crippen molar-refractivity contribution >= 4 is 0 Å². The van der Waals surface area contributed by atoms with Gasteiger partial charge in [0.1, 0.15) is 47.5 Å². The fourth-order valence-electron chi connectivity index (χ4n) is 8.00. The molecule has 16 bridgehead atoms. The zero-order valence-electron chi connectivity index (χ0n) is 43.4. The van der Waals surface area contributed by atoms with E-state index in [1.165, 1.54) is 0 Å². The third-order valence-corrected chi connectivity index (χ3v) is 12.2. The summed E-state index contributed by atoms with van der Waals surface area (Å²) in [7, 11) is 3.29. The summed E-state index contributed by atoms with van der Waals surface area (Å²) in [5.41, 5.74) is 10.4. The molecule has 1 aliphatic rings. The maximum Gasteiger partial charge on any atom is 0.120 e. The minimum absolute atomic E-state index is 0.230. The van der Waals surface area contributed by atoms with Gasteiger partial charge < -0.3 is 37.9 Å². The average Bonchev–Trinajstić information content (AvgIpc) is 4.25. The zero-order valence-corrected chi connectivity index (χ0v) is 43.4. The Kier molecular flexibility index (Phi) is 16.3. The molecule has 4 aromatic carbocycles. The summed E-state index contributed by atoms with van der Waals surface area (Å²) in [4.78, 5) is 0. The molecule has 0 atom stereocenters. The molecule has 1 aliphatic heterocycles. The number of ether oxygens (including phenoxy) is 8. The van der Waals surface area contributed by atoms with Crippen molar-refractivity contribution in [2.45, 2.75) is 52.4 Å². The van der Waals surface area contributed by atoms with Crippen molar-refractivity contribution in [2.75, 3.05) is 93.5 Å². The standard InChI is InChI=1S/C54H64N12O8/c1-53(2,3)41-27-43-31-44(28-41)64-34-50(56-60-64)38-22-40(26-48(24-38)74-20-18-72-16-14-70-12-10-68-8)52-36-66(62-58-52)46-30-42(54(4,5)6)29-45(32-46)65-35-51(57-61-65)39-21-37(49-33-63(43)59-55-49)23-47(25-39)73-19-17-71-15-13-69-11-9-67-7/h21-36H,9-20H2,1-8H3. The molecule has 4 aromatic heterocycles. The minimum Gasteiger partial charge on any atom is -0.491 e. The molecule has 0 saturated carbocycles. The van der Waals surface area contributed by atoms with Crippen LogP contribution in [-0.4, -0.2) is 153 Å². The summed E-state index contributed by atoms with van der Waals surface area (Å²) < 4.78 is 52.6. The van der Waals surface area contributed by atoms with Gasteiger partial charge in [-0.1, -0.05) is 62.4 Å². The third-order valence-electron chi connectivity index (χ3n) is 12.2. The molecule has 388 valence electrons. The molecule has 0 radical (unpaired) electrons. The lowest BCUT2D eigenvalue weighted by Gasteiger charge is -2.21. The summed E-state index contributed by atoms with van der Waals surface area (Å²) in [5.74, 6) is 1.21. The molecule has 8 aromatic rings. The lowest BCUT2D eigenvalue weighted by Crippen LogP contribution is -2.13. The molecule has 0 fully saturated rings. The Morgan fingerprint density at radius 1 is 0.338 bits per heavy atom. The Labute approximate surface area is 430 Å². The third kappa shape index (κ3) is 12.9. The molecule has 20 nitrogen and oxygen atoms in total. The van der Waals surface area contributed by atoms with Crippen LogP contribution >= 0.6 is 0 Å². The summed E-state index contributed by atoms with van der Waals surface area (Å²) in [6.07, 6.45) is 7.64. The molecular formula is C54H64N12O8. The molecule has 0 amide bonds. The fourth-order valence-corrected chi connectivity index (χ4v) is 8.00. The van der Waals surface area contributed by atoms with Crippen molar-refractivity contribution in [3.63, 3.8) is 0 Å². The van der Waals surface area contributed by atoms with Crippen molar-refractivity contribution in [3.05, 3.63) is 109 Å². The van der Waals surface area contributed by atoms with Crippen LogP contribution in [0.15, 0.2) is 97.6 Å². The maximum atomic E-state index is 6.33. The number of aromatic nitrogens is 12. The van der Waals surface area contributed by atoms with Crippen LogP contribution in [0.25, 0.3) is 67.8 Å². The number of benzene rings is 4. The lowest BCUT2D eigenvalue weighted by atomic mass is 9.86. The smallest absolute Gasteiger partial charge is 0.120 e. The van der Waals surface area contributed by atoms with Gasteiger partial charge in [-0.25, -0.2) is 18.7 Å². The Balaban J connectivity index is 1.12. The van der Waals surface area contributed by atoms with Crippen LogP contribution in [0.1, 0.15) is 52.7 Å². The predicted molar refractivity (Wildman–Crippen MR) is 277 cm³/mol. The number of nitrogens with zero attached hydrogens (tertiary/aromatic N) is 12. The van der Waals surface area contributed by atoms with Crippen LogP contribution in [0, 0.1) is 0 Å². The number of methoxy groups -OCH3 is 2. The number of hydrogen-bond donors (Lipinski definition) is 0. The van der Waals surface area contributed by atoms with Crippen molar-refractivity contribution in [2.24, 2.45) is 0 Å². The first-order valence-corrected chi connectivity index (χ1v) is 24.7. The summed E-state index contributed by atoms with van der Waals surface area (Å²) in [5, 5.41) is 37.5. The van der Waals surface area contributed by atoms with Gasteiger partial charge in [0.25, 0.3) is 0 Å². The average molecular weight is 1010 g/mol. The molecule has 0 saturated heterocycles. The number of hydrogen-bond acceptors (Lipinski definition) is 16. The van der Waals surface area contributed by atoms with Gasteiger partial charge in [-0.05, 0) is 94.8 Å². The molecule has 9 rings (SSSR count). The minimum atomic E-state index is -0.230. The highest BCUT2D eigenvalue weighted by atomic mass is 16.6. The number of fused-ring (bicyclic) bond motifs is 24. The van der Waals surface area contributed by atoms with E-state index in [0.717, 1.165) is 56.1 Å². The molecule has 74 heavy (non-hydrogen) atoms. The van der Waals surface area contributed by atoms with E-state index in [-0.39, 0.29) is 10.8 Å². The van der Waals surface area contributed by atoms with Crippen LogP contribution in [0.3, 0.4) is 0 Å². The first kappa shape index (κ1) is 51.7. The Morgan fingerprint density at radius 2 is 0.608 bits per heavy atom. The largest absolute Gasteiger partial charge is 0.491 e. The van der Waals surface area contributed by atoms with Crippen molar-refractivity contribution in [1.29, 1.82) is 0 Å². The van der Waals surface area contributed by atoms with Gasteiger partial charge >= 0.3 is 0 Å². The van der Waals surface area contributed by atoms with Crippen LogP contribution < -0.4 is 9.47 Å². The van der Waals surface area contributed by atoms with E-state index in [1.54, 1.807) is 32.9 Å². The van der Waals surface area contributed by atoms with Crippen LogP contribution in [0.2, 0.25) is 0 Å². The van der Waals surface area contributed by atoms with Crippen LogP contribution in [0.5, 0.6) is 11.5 Å².